The van der Waals surface area contributed by atoms with Crippen molar-refractivity contribution in [2.24, 2.45) is 5.92 Å². The Morgan fingerprint density at radius 2 is 1.84 bits per heavy atom. The van der Waals surface area contributed by atoms with Crippen LogP contribution in [0, 0.1) is 12.8 Å². The van der Waals surface area contributed by atoms with Crippen molar-refractivity contribution in [1.82, 2.24) is 19.4 Å². The molecule has 8 heteroatoms. The van der Waals surface area contributed by atoms with Crippen molar-refractivity contribution in [3.05, 3.63) is 47.3 Å². The van der Waals surface area contributed by atoms with Crippen molar-refractivity contribution in [2.45, 2.75) is 69.7 Å². The maximum Gasteiger partial charge on any atom is 0.272 e. The number of carbonyl (C=O) groups is 1. The molecule has 7 nitrogen and oxygen atoms in total. The minimum Gasteiger partial charge on any atom is -0.337 e. The Bertz CT molecular complexity index is 1080. The van der Waals surface area contributed by atoms with Crippen LogP contribution in [0.3, 0.4) is 0 Å². The predicted molar refractivity (Wildman–Crippen MR) is 124 cm³/mol. The zero-order valence-corrected chi connectivity index (χ0v) is 20.3. The van der Waals surface area contributed by atoms with E-state index in [9.17, 15) is 13.2 Å². The van der Waals surface area contributed by atoms with Crippen molar-refractivity contribution in [1.29, 1.82) is 0 Å². The lowest BCUT2D eigenvalue weighted by Gasteiger charge is -2.33. The van der Waals surface area contributed by atoms with Crippen LogP contribution in [0.25, 0.3) is 0 Å². The third-order valence-electron chi connectivity index (χ3n) is 6.28. The topological polar surface area (TPSA) is 84.3 Å². The first-order chi connectivity index (χ1) is 15.0. The van der Waals surface area contributed by atoms with Crippen LogP contribution in [0.4, 0.5) is 0 Å². The molecule has 1 saturated carbocycles. The lowest BCUT2D eigenvalue weighted by atomic mass is 9.98. The molecule has 1 unspecified atom stereocenters. The Labute approximate surface area is 191 Å². The highest BCUT2D eigenvalue weighted by Gasteiger charge is 2.34. The van der Waals surface area contributed by atoms with Gasteiger partial charge in [0.15, 0.2) is 0 Å². The van der Waals surface area contributed by atoms with E-state index >= 15 is 0 Å². The number of aryl methyl sites for hydroxylation is 1. The second-order valence-corrected chi connectivity index (χ2v) is 12.0. The summed E-state index contributed by atoms with van der Waals surface area (Å²) in [4.78, 5) is 15.6. The third kappa shape index (κ3) is 5.07. The maximum atomic E-state index is 13.5. The maximum absolute atomic E-state index is 13.5. The van der Waals surface area contributed by atoms with Gasteiger partial charge in [-0.25, -0.2) is 13.1 Å². The summed E-state index contributed by atoms with van der Waals surface area (Å²) in [6, 6.07) is 8.81. The Kier molecular flexibility index (Phi) is 6.20. The zero-order valence-electron chi connectivity index (χ0n) is 19.5. The molecule has 1 aromatic carbocycles. The van der Waals surface area contributed by atoms with Gasteiger partial charge in [-0.2, -0.15) is 5.10 Å². The van der Waals surface area contributed by atoms with Gasteiger partial charge in [0.1, 0.15) is 5.69 Å². The monoisotopic (exact) mass is 458 g/mol. The van der Waals surface area contributed by atoms with Crippen molar-refractivity contribution in [3.8, 4) is 0 Å². The highest BCUT2D eigenvalue weighted by atomic mass is 32.2. The smallest absolute Gasteiger partial charge is 0.272 e. The first-order valence-electron chi connectivity index (χ1n) is 11.5. The second kappa shape index (κ2) is 8.63. The quantitative estimate of drug-likeness (QED) is 0.716. The van der Waals surface area contributed by atoms with Gasteiger partial charge in [-0.15, -0.1) is 0 Å². The average Bonchev–Trinajstić information content (AvgIpc) is 3.49. The summed E-state index contributed by atoms with van der Waals surface area (Å²) in [5.74, 6) is 0.558. The zero-order chi connectivity index (χ0) is 23.1. The summed E-state index contributed by atoms with van der Waals surface area (Å²) in [6.07, 6.45) is 4.04. The van der Waals surface area contributed by atoms with Crippen molar-refractivity contribution >= 4 is 15.9 Å². The standard InChI is InChI=1S/C24H34N4O3S/c1-17-7-11-20(12-8-17)32(30,31)25-15-18-6-5-13-27(16-18)23(29)22-14-21(19-9-10-19)26-28(22)24(2,3)4/h7-8,11-12,14,18-19,25H,5-6,9-10,13,15-16H2,1-4H3. The number of amides is 1. The first kappa shape index (κ1) is 23.0. The van der Waals surface area contributed by atoms with Gasteiger partial charge in [0.25, 0.3) is 5.91 Å². The highest BCUT2D eigenvalue weighted by Crippen LogP contribution is 2.40. The molecule has 0 bridgehead atoms. The molecule has 0 radical (unpaired) electrons. The van der Waals surface area contributed by atoms with E-state index in [4.69, 9.17) is 5.10 Å². The number of carbonyl (C=O) groups excluding carboxylic acids is 1. The minimum atomic E-state index is -3.56. The largest absolute Gasteiger partial charge is 0.337 e. The molecule has 1 aliphatic heterocycles. The van der Waals surface area contributed by atoms with Crippen molar-refractivity contribution in [3.63, 3.8) is 0 Å². The molecule has 2 fully saturated rings. The van der Waals surface area contributed by atoms with Gasteiger partial charge in [0, 0.05) is 25.6 Å². The van der Waals surface area contributed by atoms with E-state index in [0.717, 1.165) is 36.9 Å². The van der Waals surface area contributed by atoms with Gasteiger partial charge in [0.2, 0.25) is 10.0 Å². The fraction of sp³-hybridized carbons (Fsp3) is 0.583. The number of piperidine rings is 1. The molecule has 1 aromatic heterocycles. The molecule has 1 N–H and O–H groups in total. The number of hydrogen-bond donors (Lipinski definition) is 1. The summed E-state index contributed by atoms with van der Waals surface area (Å²) >= 11 is 0. The van der Waals surface area contributed by atoms with E-state index in [0.29, 0.717) is 31.2 Å². The summed E-state index contributed by atoms with van der Waals surface area (Å²) in [7, 11) is -3.56. The van der Waals surface area contributed by atoms with Crippen LogP contribution in [-0.4, -0.2) is 48.6 Å². The van der Waals surface area contributed by atoms with E-state index in [-0.39, 0.29) is 22.3 Å². The van der Waals surface area contributed by atoms with E-state index < -0.39 is 10.0 Å². The van der Waals surface area contributed by atoms with Gasteiger partial charge in [-0.3, -0.25) is 9.48 Å². The van der Waals surface area contributed by atoms with Crippen LogP contribution < -0.4 is 4.72 Å². The minimum absolute atomic E-state index is 0.00887. The Morgan fingerprint density at radius 3 is 2.47 bits per heavy atom. The molecular weight excluding hydrogens is 424 g/mol. The van der Waals surface area contributed by atoms with Crippen LogP contribution in [0.15, 0.2) is 35.2 Å². The summed E-state index contributed by atoms with van der Waals surface area (Å²) in [5.41, 5.74) is 2.39. The third-order valence-corrected chi connectivity index (χ3v) is 7.72. The molecule has 2 heterocycles. The molecule has 2 aliphatic rings. The van der Waals surface area contributed by atoms with Crippen LogP contribution in [0.2, 0.25) is 0 Å². The number of nitrogens with one attached hydrogen (secondary N) is 1. The van der Waals surface area contributed by atoms with Crippen molar-refractivity contribution < 1.29 is 13.2 Å². The first-order valence-corrected chi connectivity index (χ1v) is 13.0. The lowest BCUT2D eigenvalue weighted by molar-refractivity contribution is 0.0656. The number of nitrogens with zero attached hydrogens (tertiary/aromatic N) is 3. The fourth-order valence-electron chi connectivity index (χ4n) is 4.25. The average molecular weight is 459 g/mol. The van der Waals surface area contributed by atoms with E-state index in [1.54, 1.807) is 24.3 Å². The van der Waals surface area contributed by atoms with Gasteiger partial charge in [-0.05, 0) is 77.5 Å². The van der Waals surface area contributed by atoms with E-state index in [2.05, 4.69) is 25.5 Å². The molecular formula is C24H34N4O3S. The van der Waals surface area contributed by atoms with Gasteiger partial charge in [-0.1, -0.05) is 17.7 Å². The molecule has 4 rings (SSSR count). The molecule has 1 aliphatic carbocycles. The molecule has 1 amide bonds. The van der Waals surface area contributed by atoms with E-state index in [1.165, 1.54) is 0 Å². The summed E-state index contributed by atoms with van der Waals surface area (Å²) in [6.45, 7) is 9.67. The number of rotatable bonds is 6. The lowest BCUT2D eigenvalue weighted by Crippen LogP contribution is -2.44. The van der Waals surface area contributed by atoms with E-state index in [1.807, 2.05) is 22.6 Å². The normalized spacial score (nSPS) is 19.9. The SMILES string of the molecule is Cc1ccc(S(=O)(=O)NCC2CCCN(C(=O)c3cc(C4CC4)nn3C(C)(C)C)C2)cc1. The Balaban J connectivity index is 1.44. The summed E-state index contributed by atoms with van der Waals surface area (Å²) < 4.78 is 29.9. The molecule has 1 saturated heterocycles. The Hall–Kier alpha value is -2.19. The predicted octanol–water partition coefficient (Wildman–Crippen LogP) is 3.65. The number of benzene rings is 1. The number of aromatic nitrogens is 2. The van der Waals surface area contributed by atoms with Crippen LogP contribution >= 0.6 is 0 Å². The molecule has 0 spiro atoms. The molecule has 2 aromatic rings. The van der Waals surface area contributed by atoms with Crippen LogP contribution in [0.1, 0.15) is 74.1 Å². The number of likely N-dealkylation sites (tertiary alicyclic amines) is 1. The highest BCUT2D eigenvalue weighted by molar-refractivity contribution is 7.89. The van der Waals surface area contributed by atoms with Crippen LogP contribution in [-0.2, 0) is 15.6 Å². The van der Waals surface area contributed by atoms with Crippen LogP contribution in [0.5, 0.6) is 0 Å². The Morgan fingerprint density at radius 1 is 1.16 bits per heavy atom. The second-order valence-electron chi connectivity index (χ2n) is 10.2. The molecule has 1 atom stereocenters. The summed E-state index contributed by atoms with van der Waals surface area (Å²) in [5, 5.41) is 4.76. The van der Waals surface area contributed by atoms with Crippen molar-refractivity contribution in [2.75, 3.05) is 19.6 Å². The number of hydrogen-bond acceptors (Lipinski definition) is 4. The number of sulfonamides is 1. The fourth-order valence-corrected chi connectivity index (χ4v) is 5.36. The van der Waals surface area contributed by atoms with Gasteiger partial charge < -0.3 is 4.90 Å². The molecule has 174 valence electrons. The molecule has 32 heavy (non-hydrogen) atoms. The van der Waals surface area contributed by atoms with Gasteiger partial charge in [0.05, 0.1) is 16.1 Å². The van der Waals surface area contributed by atoms with Gasteiger partial charge >= 0.3 is 0 Å².